The summed E-state index contributed by atoms with van der Waals surface area (Å²) >= 11 is 0. The molecule has 6 heteroatoms. The van der Waals surface area contributed by atoms with Crippen molar-refractivity contribution in [3.63, 3.8) is 0 Å². The van der Waals surface area contributed by atoms with Crippen LogP contribution in [-0.4, -0.2) is 23.2 Å². The second kappa shape index (κ2) is 5.09. The van der Waals surface area contributed by atoms with E-state index >= 15 is 0 Å². The Kier molecular flexibility index (Phi) is 3.50. The molecule has 0 saturated carbocycles. The van der Waals surface area contributed by atoms with Crippen molar-refractivity contribution < 1.29 is 13.9 Å². The molecular formula is C13H14FN3O2. The molecule has 0 atom stereocenters. The smallest absolute Gasteiger partial charge is 0.256 e. The number of hydrogen-bond acceptors (Lipinski definition) is 3. The fraction of sp³-hybridized carbons (Fsp3) is 0.231. The van der Waals surface area contributed by atoms with Crippen molar-refractivity contribution in [2.75, 3.05) is 12.4 Å². The first kappa shape index (κ1) is 13.1. The van der Waals surface area contributed by atoms with Crippen LogP contribution in [0.1, 0.15) is 21.6 Å². The molecular weight excluding hydrogens is 249 g/mol. The van der Waals surface area contributed by atoms with Gasteiger partial charge in [0, 0.05) is 16.8 Å². The zero-order valence-electron chi connectivity index (χ0n) is 10.9. The SMILES string of the molecule is COc1ccc(C(=O)Nc2n[nH]c(C)c2C)cc1F. The lowest BCUT2D eigenvalue weighted by atomic mass is 10.2. The number of anilines is 1. The summed E-state index contributed by atoms with van der Waals surface area (Å²) in [6, 6.07) is 4.03. The monoisotopic (exact) mass is 263 g/mol. The van der Waals surface area contributed by atoms with E-state index in [1.165, 1.54) is 19.2 Å². The van der Waals surface area contributed by atoms with E-state index < -0.39 is 11.7 Å². The summed E-state index contributed by atoms with van der Waals surface area (Å²) in [7, 11) is 1.37. The summed E-state index contributed by atoms with van der Waals surface area (Å²) in [4.78, 5) is 12.0. The highest BCUT2D eigenvalue weighted by molar-refractivity contribution is 6.04. The van der Waals surface area contributed by atoms with E-state index in [9.17, 15) is 9.18 Å². The lowest BCUT2D eigenvalue weighted by Gasteiger charge is -2.05. The van der Waals surface area contributed by atoms with Gasteiger partial charge in [0.2, 0.25) is 0 Å². The number of nitrogens with one attached hydrogen (secondary N) is 2. The van der Waals surface area contributed by atoms with Crippen LogP contribution >= 0.6 is 0 Å². The first-order valence-corrected chi connectivity index (χ1v) is 5.69. The Bertz CT molecular complexity index is 622. The van der Waals surface area contributed by atoms with Crippen LogP contribution in [0.3, 0.4) is 0 Å². The molecule has 0 fully saturated rings. The number of H-pyrrole nitrogens is 1. The van der Waals surface area contributed by atoms with Crippen LogP contribution in [-0.2, 0) is 0 Å². The standard InChI is InChI=1S/C13H14FN3O2/c1-7-8(2)16-17-12(7)15-13(18)9-4-5-11(19-3)10(14)6-9/h4-6H,1-3H3,(H2,15,16,17,18). The first-order valence-electron chi connectivity index (χ1n) is 5.69. The number of benzene rings is 1. The molecule has 2 aromatic rings. The second-order valence-corrected chi connectivity index (χ2v) is 4.13. The number of aromatic amines is 1. The highest BCUT2D eigenvalue weighted by Gasteiger charge is 2.13. The minimum absolute atomic E-state index is 0.100. The zero-order valence-corrected chi connectivity index (χ0v) is 10.9. The molecule has 0 aliphatic heterocycles. The lowest BCUT2D eigenvalue weighted by molar-refractivity contribution is 0.102. The maximum Gasteiger partial charge on any atom is 0.256 e. The van der Waals surface area contributed by atoms with E-state index in [0.29, 0.717) is 5.82 Å². The van der Waals surface area contributed by atoms with E-state index in [1.54, 1.807) is 0 Å². The number of ether oxygens (including phenoxy) is 1. The predicted molar refractivity (Wildman–Crippen MR) is 69.0 cm³/mol. The molecule has 100 valence electrons. The third-order valence-corrected chi connectivity index (χ3v) is 2.90. The third-order valence-electron chi connectivity index (χ3n) is 2.90. The number of nitrogens with zero attached hydrogens (tertiary/aromatic N) is 1. The molecule has 1 amide bonds. The van der Waals surface area contributed by atoms with Crippen molar-refractivity contribution in [2.24, 2.45) is 0 Å². The van der Waals surface area contributed by atoms with Crippen molar-refractivity contribution in [1.29, 1.82) is 0 Å². The molecule has 0 aliphatic rings. The fourth-order valence-corrected chi connectivity index (χ4v) is 1.59. The van der Waals surface area contributed by atoms with Gasteiger partial charge in [-0.2, -0.15) is 5.10 Å². The number of rotatable bonds is 3. The van der Waals surface area contributed by atoms with Gasteiger partial charge in [-0.25, -0.2) is 4.39 Å². The molecule has 0 aliphatic carbocycles. The molecule has 1 aromatic heterocycles. The van der Waals surface area contributed by atoms with Crippen molar-refractivity contribution in [1.82, 2.24) is 10.2 Å². The van der Waals surface area contributed by atoms with E-state index in [2.05, 4.69) is 15.5 Å². The maximum absolute atomic E-state index is 13.5. The minimum Gasteiger partial charge on any atom is -0.494 e. The molecule has 1 aromatic carbocycles. The summed E-state index contributed by atoms with van der Waals surface area (Å²) in [5.74, 6) is -0.455. The van der Waals surface area contributed by atoms with Gasteiger partial charge in [-0.15, -0.1) is 0 Å². The fourth-order valence-electron chi connectivity index (χ4n) is 1.59. The first-order chi connectivity index (χ1) is 9.02. The van der Waals surface area contributed by atoms with E-state index in [-0.39, 0.29) is 11.3 Å². The van der Waals surface area contributed by atoms with Gasteiger partial charge in [-0.1, -0.05) is 0 Å². The molecule has 5 nitrogen and oxygen atoms in total. The van der Waals surface area contributed by atoms with Crippen LogP contribution in [0.15, 0.2) is 18.2 Å². The van der Waals surface area contributed by atoms with Gasteiger partial charge in [0.1, 0.15) is 0 Å². The molecule has 2 N–H and O–H groups in total. The molecule has 1 heterocycles. The van der Waals surface area contributed by atoms with E-state index in [4.69, 9.17) is 4.74 Å². The Hall–Kier alpha value is -2.37. The Morgan fingerprint density at radius 1 is 1.42 bits per heavy atom. The Labute approximate surface area is 109 Å². The van der Waals surface area contributed by atoms with Crippen LogP contribution in [0.4, 0.5) is 10.2 Å². The largest absolute Gasteiger partial charge is 0.494 e. The van der Waals surface area contributed by atoms with Crippen LogP contribution in [0, 0.1) is 19.7 Å². The molecule has 0 saturated heterocycles. The highest BCUT2D eigenvalue weighted by atomic mass is 19.1. The summed E-state index contributed by atoms with van der Waals surface area (Å²) in [6.45, 7) is 3.69. The number of aryl methyl sites for hydroxylation is 1. The predicted octanol–water partition coefficient (Wildman–Crippen LogP) is 2.43. The Morgan fingerprint density at radius 3 is 2.68 bits per heavy atom. The van der Waals surface area contributed by atoms with Crippen LogP contribution in [0.25, 0.3) is 0 Å². The van der Waals surface area contributed by atoms with Crippen LogP contribution in [0.5, 0.6) is 5.75 Å². The number of carbonyl (C=O) groups is 1. The average molecular weight is 263 g/mol. The molecule has 0 unspecified atom stereocenters. The van der Waals surface area contributed by atoms with Gasteiger partial charge < -0.3 is 10.1 Å². The molecule has 19 heavy (non-hydrogen) atoms. The number of methoxy groups -OCH3 is 1. The van der Waals surface area contributed by atoms with Gasteiger partial charge in [0.15, 0.2) is 17.4 Å². The summed E-state index contributed by atoms with van der Waals surface area (Å²) < 4.78 is 18.3. The minimum atomic E-state index is -0.579. The lowest BCUT2D eigenvalue weighted by Crippen LogP contribution is -2.13. The molecule has 0 radical (unpaired) electrons. The average Bonchev–Trinajstić information content (AvgIpc) is 2.70. The van der Waals surface area contributed by atoms with Crippen LogP contribution in [0.2, 0.25) is 0 Å². The summed E-state index contributed by atoms with van der Waals surface area (Å²) in [5.41, 5.74) is 1.93. The Morgan fingerprint density at radius 2 is 2.16 bits per heavy atom. The normalized spacial score (nSPS) is 10.3. The third kappa shape index (κ3) is 2.57. The van der Waals surface area contributed by atoms with Crippen molar-refractivity contribution in [3.8, 4) is 5.75 Å². The van der Waals surface area contributed by atoms with Crippen molar-refractivity contribution >= 4 is 11.7 Å². The van der Waals surface area contributed by atoms with Crippen LogP contribution < -0.4 is 10.1 Å². The molecule has 0 spiro atoms. The Balaban J connectivity index is 2.21. The highest BCUT2D eigenvalue weighted by Crippen LogP contribution is 2.19. The molecule has 0 bridgehead atoms. The van der Waals surface area contributed by atoms with Gasteiger partial charge >= 0.3 is 0 Å². The topological polar surface area (TPSA) is 67.0 Å². The van der Waals surface area contributed by atoms with Crippen molar-refractivity contribution in [2.45, 2.75) is 13.8 Å². The summed E-state index contributed by atoms with van der Waals surface area (Å²) in [6.07, 6.45) is 0. The van der Waals surface area contributed by atoms with Gasteiger partial charge in [-0.3, -0.25) is 9.89 Å². The molecule has 2 rings (SSSR count). The number of halogens is 1. The number of aromatic nitrogens is 2. The van der Waals surface area contributed by atoms with Gasteiger partial charge in [-0.05, 0) is 32.0 Å². The van der Waals surface area contributed by atoms with E-state index in [0.717, 1.165) is 17.3 Å². The number of carbonyl (C=O) groups excluding carboxylic acids is 1. The maximum atomic E-state index is 13.5. The second-order valence-electron chi connectivity index (χ2n) is 4.13. The quantitative estimate of drug-likeness (QED) is 0.893. The van der Waals surface area contributed by atoms with Crippen molar-refractivity contribution in [3.05, 3.63) is 40.8 Å². The summed E-state index contributed by atoms with van der Waals surface area (Å²) in [5, 5.41) is 9.35. The van der Waals surface area contributed by atoms with Gasteiger partial charge in [0.05, 0.1) is 7.11 Å². The van der Waals surface area contributed by atoms with E-state index in [1.807, 2.05) is 13.8 Å². The number of amides is 1. The van der Waals surface area contributed by atoms with Gasteiger partial charge in [0.25, 0.3) is 5.91 Å². The zero-order chi connectivity index (χ0) is 14.0. The number of hydrogen-bond donors (Lipinski definition) is 2.